The summed E-state index contributed by atoms with van der Waals surface area (Å²) in [7, 11) is 0. The van der Waals surface area contributed by atoms with Crippen LogP contribution in [0.3, 0.4) is 0 Å². The zero-order chi connectivity index (χ0) is 40.5. The van der Waals surface area contributed by atoms with E-state index in [9.17, 15) is 24.3 Å². The lowest BCUT2D eigenvalue weighted by atomic mass is 9.95. The molecule has 4 N–H and O–H groups in total. The summed E-state index contributed by atoms with van der Waals surface area (Å²) in [6, 6.07) is 25.9. The van der Waals surface area contributed by atoms with Crippen molar-refractivity contribution in [2.45, 2.75) is 84.0 Å². The van der Waals surface area contributed by atoms with Crippen LogP contribution in [0.15, 0.2) is 97.2 Å². The highest BCUT2D eigenvalue weighted by Crippen LogP contribution is 2.24. The molecule has 57 heavy (non-hydrogen) atoms. The van der Waals surface area contributed by atoms with Crippen LogP contribution in [0.4, 0.5) is 9.59 Å². The van der Waals surface area contributed by atoms with E-state index < -0.39 is 42.3 Å². The SMILES string of the molecule is CC[C@H](C)[C@@H](C(=O)N[C@@H](Cc1ccccc1)[C@H](O)CN(Cc1ccc(-c2ccccn2)cc1)NC(=O)[C@@H]1NC(=O)O[C@@H]1C)N1CCN(Cc2cccc(C)n2)C1=O. The lowest BCUT2D eigenvalue weighted by Crippen LogP contribution is -2.59. The minimum absolute atomic E-state index is 0.0880. The molecule has 2 fully saturated rings. The number of cyclic esters (lactones) is 1. The number of carbonyl (C=O) groups excluding carboxylic acids is 4. The van der Waals surface area contributed by atoms with E-state index in [0.29, 0.717) is 26.1 Å². The van der Waals surface area contributed by atoms with Gasteiger partial charge in [-0.15, -0.1) is 0 Å². The summed E-state index contributed by atoms with van der Waals surface area (Å²) in [4.78, 5) is 66.1. The predicted molar refractivity (Wildman–Crippen MR) is 214 cm³/mol. The van der Waals surface area contributed by atoms with E-state index in [1.165, 1.54) is 0 Å². The maximum Gasteiger partial charge on any atom is 0.408 e. The summed E-state index contributed by atoms with van der Waals surface area (Å²) in [5, 5.41) is 19.3. The molecular weight excluding hydrogens is 725 g/mol. The average molecular weight is 777 g/mol. The standard InChI is InChI=1S/C43H52N8O6/c1-5-28(2)39(51-23-22-49(43(51)56)26-34-15-11-12-29(3)45-34)41(54)46-36(24-31-13-7-6-8-14-31)37(52)27-50(48-40(53)38-30(4)57-42(55)47-38)25-32-17-19-33(20-18-32)35-16-9-10-21-44-35/h6-21,28,30,36-39,52H,5,22-27H2,1-4H3,(H,46,54)(H,47,55)(H,48,53)/t28-,30+,36-,37+,38+,39-/m0/s1. The number of benzene rings is 2. The molecule has 2 aromatic carbocycles. The molecule has 4 aromatic rings. The molecule has 14 heteroatoms. The first kappa shape index (κ1) is 40.8. The number of urea groups is 1. The smallest absolute Gasteiger partial charge is 0.408 e. The highest BCUT2D eigenvalue weighted by atomic mass is 16.6. The van der Waals surface area contributed by atoms with Crippen molar-refractivity contribution >= 4 is 23.9 Å². The minimum atomic E-state index is -1.19. The third-order valence-electron chi connectivity index (χ3n) is 10.6. The number of hydrazine groups is 1. The first-order valence-electron chi connectivity index (χ1n) is 19.5. The van der Waals surface area contributed by atoms with Crippen molar-refractivity contribution in [1.82, 2.24) is 40.8 Å². The second-order valence-corrected chi connectivity index (χ2v) is 14.9. The summed E-state index contributed by atoms with van der Waals surface area (Å²) in [5.41, 5.74) is 7.98. The molecular formula is C43H52N8O6. The van der Waals surface area contributed by atoms with Gasteiger partial charge in [0.05, 0.1) is 30.1 Å². The molecule has 5 amide bonds. The van der Waals surface area contributed by atoms with Crippen LogP contribution >= 0.6 is 0 Å². The van der Waals surface area contributed by atoms with Gasteiger partial charge in [-0.05, 0) is 61.6 Å². The number of aryl methyl sites for hydroxylation is 1. The fourth-order valence-electron chi connectivity index (χ4n) is 7.30. The Morgan fingerprint density at radius 3 is 2.40 bits per heavy atom. The molecule has 2 saturated heterocycles. The molecule has 4 heterocycles. The summed E-state index contributed by atoms with van der Waals surface area (Å²) in [6.45, 7) is 8.73. The first-order chi connectivity index (χ1) is 27.5. The number of rotatable bonds is 17. The monoisotopic (exact) mass is 776 g/mol. The molecule has 0 bridgehead atoms. The van der Waals surface area contributed by atoms with Crippen molar-refractivity contribution in [2.24, 2.45) is 5.92 Å². The number of nitrogens with zero attached hydrogens (tertiary/aromatic N) is 5. The molecule has 300 valence electrons. The Hall–Kier alpha value is -5.86. The largest absolute Gasteiger partial charge is 0.444 e. The van der Waals surface area contributed by atoms with Crippen LogP contribution in [0.1, 0.15) is 49.7 Å². The lowest BCUT2D eigenvalue weighted by Gasteiger charge is -2.35. The van der Waals surface area contributed by atoms with Crippen molar-refractivity contribution in [1.29, 1.82) is 0 Å². The molecule has 0 spiro atoms. The van der Waals surface area contributed by atoms with E-state index in [0.717, 1.165) is 33.8 Å². The number of hydrogen-bond donors (Lipinski definition) is 4. The Bertz CT molecular complexity index is 1980. The van der Waals surface area contributed by atoms with E-state index in [4.69, 9.17) is 4.74 Å². The fraction of sp³-hybridized carbons (Fsp3) is 0.395. The molecule has 0 unspecified atom stereocenters. The summed E-state index contributed by atoms with van der Waals surface area (Å²) in [5.74, 6) is -1.06. The summed E-state index contributed by atoms with van der Waals surface area (Å²) in [6.07, 6.45) is 0.0709. The Labute approximate surface area is 333 Å². The van der Waals surface area contributed by atoms with Gasteiger partial charge in [0, 0.05) is 43.6 Å². The predicted octanol–water partition coefficient (Wildman–Crippen LogP) is 4.22. The Balaban J connectivity index is 1.22. The van der Waals surface area contributed by atoms with Gasteiger partial charge in [0.25, 0.3) is 5.91 Å². The van der Waals surface area contributed by atoms with Gasteiger partial charge in [-0.2, -0.15) is 0 Å². The molecule has 14 nitrogen and oxygen atoms in total. The van der Waals surface area contributed by atoms with Gasteiger partial charge in [-0.3, -0.25) is 25.0 Å². The number of hydrogen-bond acceptors (Lipinski definition) is 9. The Morgan fingerprint density at radius 2 is 1.74 bits per heavy atom. The first-order valence-corrected chi connectivity index (χ1v) is 19.5. The highest BCUT2D eigenvalue weighted by molar-refractivity contribution is 5.89. The van der Waals surface area contributed by atoms with E-state index >= 15 is 0 Å². The maximum absolute atomic E-state index is 14.4. The van der Waals surface area contributed by atoms with Crippen molar-refractivity contribution in [2.75, 3.05) is 19.6 Å². The van der Waals surface area contributed by atoms with Crippen LogP contribution in [-0.4, -0.2) is 104 Å². The molecule has 0 saturated carbocycles. The van der Waals surface area contributed by atoms with Gasteiger partial charge in [-0.25, -0.2) is 14.6 Å². The maximum atomic E-state index is 14.4. The topological polar surface area (TPSA) is 169 Å². The van der Waals surface area contributed by atoms with Crippen molar-refractivity contribution < 1.29 is 29.0 Å². The molecule has 2 aromatic heterocycles. The van der Waals surface area contributed by atoms with E-state index in [1.807, 2.05) is 112 Å². The van der Waals surface area contributed by atoms with E-state index in [2.05, 4.69) is 26.0 Å². The van der Waals surface area contributed by atoms with Gasteiger partial charge in [0.2, 0.25) is 5.91 Å². The van der Waals surface area contributed by atoms with Crippen LogP contribution in [0.2, 0.25) is 0 Å². The summed E-state index contributed by atoms with van der Waals surface area (Å²) >= 11 is 0. The highest BCUT2D eigenvalue weighted by Gasteiger charge is 2.41. The summed E-state index contributed by atoms with van der Waals surface area (Å²) < 4.78 is 5.15. The number of amides is 5. The number of pyridine rings is 2. The molecule has 6 atom stereocenters. The number of alkyl carbamates (subject to hydrolysis) is 1. The minimum Gasteiger partial charge on any atom is -0.444 e. The number of aromatic nitrogens is 2. The molecule has 2 aliphatic heterocycles. The van der Waals surface area contributed by atoms with Crippen LogP contribution in [0.25, 0.3) is 11.3 Å². The number of aliphatic hydroxyl groups is 1. The normalized spacial score (nSPS) is 18.8. The zero-order valence-electron chi connectivity index (χ0n) is 32.9. The molecule has 0 radical (unpaired) electrons. The van der Waals surface area contributed by atoms with Gasteiger partial charge in [-0.1, -0.05) is 87.0 Å². The van der Waals surface area contributed by atoms with E-state index in [-0.39, 0.29) is 37.4 Å². The quantitative estimate of drug-likeness (QED) is 0.115. The number of nitrogens with one attached hydrogen (secondary N) is 3. The zero-order valence-corrected chi connectivity index (χ0v) is 32.9. The van der Waals surface area contributed by atoms with Crippen molar-refractivity contribution in [3.05, 3.63) is 120 Å². The second kappa shape index (κ2) is 18.9. The van der Waals surface area contributed by atoms with Gasteiger partial charge < -0.3 is 30.3 Å². The van der Waals surface area contributed by atoms with E-state index in [1.54, 1.807) is 27.9 Å². The second-order valence-electron chi connectivity index (χ2n) is 14.9. The van der Waals surface area contributed by atoms with Crippen molar-refractivity contribution in [3.8, 4) is 11.3 Å². The Kier molecular flexibility index (Phi) is 13.5. The Morgan fingerprint density at radius 1 is 0.982 bits per heavy atom. The van der Waals surface area contributed by atoms with Crippen LogP contribution in [-0.2, 0) is 33.8 Å². The number of carbonyl (C=O) groups is 4. The lowest BCUT2D eigenvalue weighted by molar-refractivity contribution is -0.131. The van der Waals surface area contributed by atoms with Crippen LogP contribution < -0.4 is 16.1 Å². The number of aliphatic hydroxyl groups excluding tert-OH is 1. The van der Waals surface area contributed by atoms with Crippen LogP contribution in [0, 0.1) is 12.8 Å². The van der Waals surface area contributed by atoms with Gasteiger partial charge in [0.1, 0.15) is 18.2 Å². The fourth-order valence-corrected chi connectivity index (χ4v) is 7.30. The van der Waals surface area contributed by atoms with Gasteiger partial charge >= 0.3 is 12.1 Å². The van der Waals surface area contributed by atoms with Crippen molar-refractivity contribution in [3.63, 3.8) is 0 Å². The van der Waals surface area contributed by atoms with Gasteiger partial charge in [0.15, 0.2) is 0 Å². The van der Waals surface area contributed by atoms with Crippen LogP contribution in [0.5, 0.6) is 0 Å². The number of ether oxygens (including phenoxy) is 1. The molecule has 0 aliphatic carbocycles. The average Bonchev–Trinajstić information content (AvgIpc) is 3.74. The third-order valence-corrected chi connectivity index (χ3v) is 10.6. The molecule has 2 aliphatic rings. The third kappa shape index (κ3) is 10.5. The molecule has 6 rings (SSSR count).